The smallest absolute Gasteiger partial charge is 0.200 e. The highest BCUT2D eigenvalue weighted by atomic mass is 35.5. The summed E-state index contributed by atoms with van der Waals surface area (Å²) in [6.45, 7) is 4.00. The lowest BCUT2D eigenvalue weighted by Crippen LogP contribution is -1.97. The number of nitrogens with zero attached hydrogens (tertiary/aromatic N) is 1. The second-order valence-corrected chi connectivity index (χ2v) is 4.36. The van der Waals surface area contributed by atoms with Gasteiger partial charge in [0.15, 0.2) is 5.28 Å². The molecule has 2 rings (SSSR count). The second kappa shape index (κ2) is 4.90. The summed E-state index contributed by atoms with van der Waals surface area (Å²) in [4.78, 5) is 6.97. The van der Waals surface area contributed by atoms with E-state index in [1.165, 1.54) is 0 Å². The van der Waals surface area contributed by atoms with E-state index in [0.717, 1.165) is 33.9 Å². The second-order valence-electron chi connectivity index (χ2n) is 4.00. The minimum Gasteiger partial charge on any atom is -0.496 e. The predicted octanol–water partition coefficient (Wildman–Crippen LogP) is 3.36. The van der Waals surface area contributed by atoms with Gasteiger partial charge >= 0.3 is 0 Å². The molecular formula is C13H15ClN2O2. The number of hydrogen-bond donors (Lipinski definition) is 1. The summed E-state index contributed by atoms with van der Waals surface area (Å²) in [5.74, 6) is 1.61. The number of rotatable bonds is 3. The molecule has 1 heterocycles. The van der Waals surface area contributed by atoms with Gasteiger partial charge in [0, 0.05) is 5.56 Å². The zero-order valence-electron chi connectivity index (χ0n) is 10.8. The molecule has 0 aliphatic carbocycles. The summed E-state index contributed by atoms with van der Waals surface area (Å²) in [5, 5.41) is 0.351. The average molecular weight is 267 g/mol. The Morgan fingerprint density at radius 2 is 1.89 bits per heavy atom. The molecule has 1 N–H and O–H groups in total. The lowest BCUT2D eigenvalue weighted by Gasteiger charge is -2.15. The number of halogens is 1. The van der Waals surface area contributed by atoms with Crippen molar-refractivity contribution in [3.8, 4) is 22.8 Å². The van der Waals surface area contributed by atoms with Crippen molar-refractivity contribution in [2.24, 2.45) is 0 Å². The Hall–Kier alpha value is -1.68. The Kier molecular flexibility index (Phi) is 3.48. The Labute approximate surface area is 111 Å². The highest BCUT2D eigenvalue weighted by Gasteiger charge is 2.16. The number of ether oxygens (including phenoxy) is 2. The van der Waals surface area contributed by atoms with Crippen LogP contribution in [0.25, 0.3) is 11.3 Å². The number of hydrogen-bond acceptors (Lipinski definition) is 3. The van der Waals surface area contributed by atoms with Crippen molar-refractivity contribution in [3.05, 3.63) is 28.7 Å². The number of nitrogens with one attached hydrogen (secondary N) is 1. The number of aromatic amines is 1. The van der Waals surface area contributed by atoms with Crippen LogP contribution in [0.4, 0.5) is 0 Å². The van der Waals surface area contributed by atoms with Crippen molar-refractivity contribution in [1.82, 2.24) is 9.97 Å². The lowest BCUT2D eigenvalue weighted by atomic mass is 10.0. The quantitative estimate of drug-likeness (QED) is 0.927. The van der Waals surface area contributed by atoms with Crippen molar-refractivity contribution in [2.75, 3.05) is 14.2 Å². The van der Waals surface area contributed by atoms with Crippen molar-refractivity contribution >= 4 is 11.6 Å². The highest BCUT2D eigenvalue weighted by Crippen LogP contribution is 2.38. The van der Waals surface area contributed by atoms with Gasteiger partial charge in [-0.3, -0.25) is 0 Å². The van der Waals surface area contributed by atoms with Crippen LogP contribution in [0.15, 0.2) is 12.3 Å². The van der Waals surface area contributed by atoms with Gasteiger partial charge < -0.3 is 14.5 Å². The largest absolute Gasteiger partial charge is 0.496 e. The first-order valence-corrected chi connectivity index (χ1v) is 5.89. The molecule has 0 atom stereocenters. The van der Waals surface area contributed by atoms with Gasteiger partial charge in [-0.05, 0) is 42.6 Å². The molecule has 0 aliphatic rings. The maximum absolute atomic E-state index is 5.81. The molecule has 18 heavy (non-hydrogen) atoms. The van der Waals surface area contributed by atoms with Crippen LogP contribution < -0.4 is 9.47 Å². The Bertz CT molecular complexity index is 579. The van der Waals surface area contributed by atoms with Gasteiger partial charge in [-0.25, -0.2) is 4.98 Å². The molecule has 1 aromatic heterocycles. The fourth-order valence-electron chi connectivity index (χ4n) is 1.97. The van der Waals surface area contributed by atoms with Crippen LogP contribution in [0, 0.1) is 13.8 Å². The first-order chi connectivity index (χ1) is 8.58. The van der Waals surface area contributed by atoms with Gasteiger partial charge in [0.25, 0.3) is 0 Å². The van der Waals surface area contributed by atoms with Gasteiger partial charge in [-0.1, -0.05) is 0 Å². The van der Waals surface area contributed by atoms with E-state index in [4.69, 9.17) is 21.1 Å². The molecule has 0 radical (unpaired) electrons. The van der Waals surface area contributed by atoms with E-state index in [9.17, 15) is 0 Å². The maximum atomic E-state index is 5.81. The summed E-state index contributed by atoms with van der Waals surface area (Å²) in [6, 6.07) is 1.92. The molecule has 4 nitrogen and oxygen atoms in total. The van der Waals surface area contributed by atoms with Crippen molar-refractivity contribution in [3.63, 3.8) is 0 Å². The SMILES string of the molecule is COc1cc(-c2cnc(Cl)[nH]2)c(OC)c(C)c1C. The number of benzene rings is 1. The maximum Gasteiger partial charge on any atom is 0.200 e. The van der Waals surface area contributed by atoms with E-state index in [0.29, 0.717) is 5.28 Å². The minimum absolute atomic E-state index is 0.351. The molecule has 0 aliphatic heterocycles. The van der Waals surface area contributed by atoms with Gasteiger partial charge in [-0.2, -0.15) is 0 Å². The molecule has 2 aromatic rings. The topological polar surface area (TPSA) is 47.1 Å². The normalized spacial score (nSPS) is 10.5. The van der Waals surface area contributed by atoms with Crippen LogP contribution >= 0.6 is 11.6 Å². The molecule has 0 fully saturated rings. The fourth-order valence-corrected chi connectivity index (χ4v) is 2.12. The van der Waals surface area contributed by atoms with Crippen LogP contribution in [0.3, 0.4) is 0 Å². The third-order valence-corrected chi connectivity index (χ3v) is 3.24. The number of methoxy groups -OCH3 is 2. The fraction of sp³-hybridized carbons (Fsp3) is 0.308. The van der Waals surface area contributed by atoms with Gasteiger partial charge in [0.2, 0.25) is 0 Å². The third kappa shape index (κ3) is 2.04. The summed E-state index contributed by atoms with van der Waals surface area (Å²) in [6.07, 6.45) is 1.67. The van der Waals surface area contributed by atoms with Gasteiger partial charge in [0.1, 0.15) is 11.5 Å². The third-order valence-electron chi connectivity index (χ3n) is 3.05. The van der Waals surface area contributed by atoms with Gasteiger partial charge in [-0.15, -0.1) is 0 Å². The highest BCUT2D eigenvalue weighted by molar-refractivity contribution is 6.28. The van der Waals surface area contributed by atoms with Gasteiger partial charge in [0.05, 0.1) is 26.1 Å². The van der Waals surface area contributed by atoms with Crippen molar-refractivity contribution in [2.45, 2.75) is 13.8 Å². The van der Waals surface area contributed by atoms with E-state index in [-0.39, 0.29) is 0 Å². The monoisotopic (exact) mass is 266 g/mol. The van der Waals surface area contributed by atoms with Crippen LogP contribution in [-0.4, -0.2) is 24.2 Å². The molecule has 5 heteroatoms. The molecule has 96 valence electrons. The number of H-pyrrole nitrogens is 1. The Morgan fingerprint density at radius 3 is 2.39 bits per heavy atom. The summed E-state index contributed by atoms with van der Waals surface area (Å²) in [7, 11) is 3.30. The first kappa shape index (κ1) is 12.8. The van der Waals surface area contributed by atoms with Crippen LogP contribution in [-0.2, 0) is 0 Å². The van der Waals surface area contributed by atoms with E-state index >= 15 is 0 Å². The molecule has 0 amide bonds. The summed E-state index contributed by atoms with van der Waals surface area (Å²) >= 11 is 5.81. The average Bonchev–Trinajstić information content (AvgIpc) is 2.79. The first-order valence-electron chi connectivity index (χ1n) is 5.51. The zero-order valence-corrected chi connectivity index (χ0v) is 11.6. The molecule has 0 saturated carbocycles. The van der Waals surface area contributed by atoms with E-state index in [2.05, 4.69) is 9.97 Å². The van der Waals surface area contributed by atoms with Crippen LogP contribution in [0.5, 0.6) is 11.5 Å². The predicted molar refractivity (Wildman–Crippen MR) is 71.6 cm³/mol. The standard InChI is InChI=1S/C13H15ClN2O2/c1-7-8(2)12(18-4)9(5-11(7)17-3)10-6-15-13(14)16-10/h5-6H,1-4H3,(H,15,16). The Morgan fingerprint density at radius 1 is 1.17 bits per heavy atom. The Balaban J connectivity index is 2.69. The lowest BCUT2D eigenvalue weighted by molar-refractivity contribution is 0.399. The molecular weight excluding hydrogens is 252 g/mol. The minimum atomic E-state index is 0.351. The molecule has 0 unspecified atom stereocenters. The van der Waals surface area contributed by atoms with E-state index in [1.54, 1.807) is 20.4 Å². The molecule has 1 aromatic carbocycles. The molecule has 0 spiro atoms. The van der Waals surface area contributed by atoms with Crippen LogP contribution in [0.1, 0.15) is 11.1 Å². The zero-order chi connectivity index (χ0) is 13.3. The number of aromatic nitrogens is 2. The van der Waals surface area contributed by atoms with E-state index < -0.39 is 0 Å². The summed E-state index contributed by atoms with van der Waals surface area (Å²) < 4.78 is 10.8. The molecule has 0 bridgehead atoms. The summed E-state index contributed by atoms with van der Waals surface area (Å²) in [5.41, 5.74) is 3.79. The van der Waals surface area contributed by atoms with Crippen molar-refractivity contribution < 1.29 is 9.47 Å². The molecule has 0 saturated heterocycles. The van der Waals surface area contributed by atoms with Crippen LogP contribution in [0.2, 0.25) is 5.28 Å². The van der Waals surface area contributed by atoms with Crippen molar-refractivity contribution in [1.29, 1.82) is 0 Å². The van der Waals surface area contributed by atoms with E-state index in [1.807, 2.05) is 19.9 Å². The number of imidazole rings is 1.